The molecule has 0 aliphatic carbocycles. The van der Waals surface area contributed by atoms with Gasteiger partial charge in [0.2, 0.25) is 5.12 Å². The predicted molar refractivity (Wildman–Crippen MR) is 57.7 cm³/mol. The molecule has 0 aliphatic heterocycles. The van der Waals surface area contributed by atoms with Crippen molar-refractivity contribution in [2.75, 3.05) is 0 Å². The molecule has 1 atom stereocenters. The molecule has 0 spiro atoms. The van der Waals surface area contributed by atoms with E-state index in [-0.39, 0.29) is 5.12 Å². The number of carbonyl (C=O) groups is 2. The Morgan fingerprint density at radius 3 is 2.71 bits per heavy atom. The van der Waals surface area contributed by atoms with E-state index >= 15 is 0 Å². The molecule has 1 rings (SSSR count). The number of aliphatic hydroxyl groups is 1. The molecule has 14 heavy (non-hydrogen) atoms. The van der Waals surface area contributed by atoms with E-state index in [2.05, 4.69) is 0 Å². The lowest BCUT2D eigenvalue weighted by atomic mass is 10.4. The maximum absolute atomic E-state index is 11.4. The fourth-order valence-corrected chi connectivity index (χ4v) is 2.22. The summed E-state index contributed by atoms with van der Waals surface area (Å²) in [4.78, 5) is 20.8. The van der Waals surface area contributed by atoms with E-state index in [4.69, 9.17) is 11.6 Å². The standard InChI is InChI=1S/C8H7ClO3S2/c1-8(12,7(9)11)14-6(10)5-3-2-4-13-5/h2-4,12H,1H3. The number of halogens is 1. The molecule has 0 aliphatic rings. The third kappa shape index (κ3) is 2.81. The molecule has 3 nitrogen and oxygen atoms in total. The second-order valence-electron chi connectivity index (χ2n) is 2.62. The second kappa shape index (κ2) is 4.44. The Bertz CT molecular complexity index is 345. The van der Waals surface area contributed by atoms with Gasteiger partial charge in [0.15, 0.2) is 4.93 Å². The van der Waals surface area contributed by atoms with Crippen LogP contribution in [-0.2, 0) is 4.79 Å². The molecule has 0 fully saturated rings. The van der Waals surface area contributed by atoms with Crippen LogP contribution in [0.4, 0.5) is 0 Å². The van der Waals surface area contributed by atoms with Crippen molar-refractivity contribution in [2.24, 2.45) is 0 Å². The van der Waals surface area contributed by atoms with Crippen LogP contribution in [0.3, 0.4) is 0 Å². The largest absolute Gasteiger partial charge is 0.371 e. The van der Waals surface area contributed by atoms with E-state index in [0.29, 0.717) is 16.6 Å². The van der Waals surface area contributed by atoms with Crippen molar-refractivity contribution >= 4 is 45.1 Å². The summed E-state index contributed by atoms with van der Waals surface area (Å²) in [5.41, 5.74) is 0. The summed E-state index contributed by atoms with van der Waals surface area (Å²) in [5, 5.41) is 9.85. The van der Waals surface area contributed by atoms with Gasteiger partial charge in [0.25, 0.3) is 5.24 Å². The van der Waals surface area contributed by atoms with E-state index in [1.54, 1.807) is 17.5 Å². The van der Waals surface area contributed by atoms with E-state index in [1.165, 1.54) is 18.3 Å². The molecule has 0 saturated carbocycles. The summed E-state index contributed by atoms with van der Waals surface area (Å²) < 4.78 is 0. The van der Waals surface area contributed by atoms with Gasteiger partial charge in [0, 0.05) is 0 Å². The van der Waals surface area contributed by atoms with Crippen LogP contribution < -0.4 is 0 Å². The first-order valence-corrected chi connectivity index (χ1v) is 5.70. The number of hydrogen-bond donors (Lipinski definition) is 1. The summed E-state index contributed by atoms with van der Waals surface area (Å²) >= 11 is 6.88. The Morgan fingerprint density at radius 2 is 2.29 bits per heavy atom. The lowest BCUT2D eigenvalue weighted by molar-refractivity contribution is -0.120. The first-order chi connectivity index (χ1) is 6.43. The number of hydrogen-bond acceptors (Lipinski definition) is 5. The topological polar surface area (TPSA) is 54.4 Å². The van der Waals surface area contributed by atoms with Gasteiger partial charge in [-0.25, -0.2) is 0 Å². The van der Waals surface area contributed by atoms with Crippen LogP contribution in [-0.4, -0.2) is 20.4 Å². The van der Waals surface area contributed by atoms with Crippen LogP contribution >= 0.6 is 34.7 Å². The van der Waals surface area contributed by atoms with Gasteiger partial charge in [-0.2, -0.15) is 0 Å². The zero-order valence-corrected chi connectivity index (χ0v) is 9.58. The first-order valence-electron chi connectivity index (χ1n) is 3.62. The minimum Gasteiger partial charge on any atom is -0.371 e. The Kier molecular flexibility index (Phi) is 3.71. The highest BCUT2D eigenvalue weighted by atomic mass is 35.5. The fourth-order valence-electron chi connectivity index (χ4n) is 0.666. The zero-order valence-electron chi connectivity index (χ0n) is 7.19. The number of rotatable bonds is 3. The van der Waals surface area contributed by atoms with Crippen LogP contribution in [0.5, 0.6) is 0 Å². The Balaban J connectivity index is 2.71. The highest BCUT2D eigenvalue weighted by Gasteiger charge is 2.33. The van der Waals surface area contributed by atoms with Gasteiger partial charge in [0.05, 0.1) is 4.88 Å². The monoisotopic (exact) mass is 250 g/mol. The van der Waals surface area contributed by atoms with Gasteiger partial charge in [-0.1, -0.05) is 6.07 Å². The summed E-state index contributed by atoms with van der Waals surface area (Å²) in [6, 6.07) is 3.34. The summed E-state index contributed by atoms with van der Waals surface area (Å²) in [6.07, 6.45) is 0. The van der Waals surface area contributed by atoms with Crippen molar-refractivity contribution in [2.45, 2.75) is 11.9 Å². The van der Waals surface area contributed by atoms with E-state index in [0.717, 1.165) is 0 Å². The predicted octanol–water partition coefficient (Wildman–Crippen LogP) is 2.10. The van der Waals surface area contributed by atoms with Crippen LogP contribution in [0, 0.1) is 0 Å². The fraction of sp³-hybridized carbons (Fsp3) is 0.250. The molecule has 1 N–H and O–H groups in total. The summed E-state index contributed by atoms with van der Waals surface area (Å²) in [7, 11) is 0. The van der Waals surface area contributed by atoms with Gasteiger partial charge in [0.1, 0.15) is 0 Å². The Hall–Kier alpha value is -0.360. The molecule has 0 saturated heterocycles. The second-order valence-corrected chi connectivity index (χ2v) is 5.28. The van der Waals surface area contributed by atoms with Crippen LogP contribution in [0.2, 0.25) is 0 Å². The smallest absolute Gasteiger partial charge is 0.263 e. The SMILES string of the molecule is CC(O)(SC(=O)c1cccs1)C(=O)Cl. The van der Waals surface area contributed by atoms with Crippen molar-refractivity contribution in [3.63, 3.8) is 0 Å². The van der Waals surface area contributed by atoms with Gasteiger partial charge in [-0.15, -0.1) is 11.3 Å². The van der Waals surface area contributed by atoms with Crippen LogP contribution in [0.25, 0.3) is 0 Å². The van der Waals surface area contributed by atoms with E-state index in [9.17, 15) is 14.7 Å². The summed E-state index contributed by atoms with van der Waals surface area (Å²) in [5.74, 6) is 0. The average molecular weight is 251 g/mol. The molecular weight excluding hydrogens is 244 g/mol. The Labute approximate surface area is 94.1 Å². The molecule has 0 bridgehead atoms. The molecule has 1 heterocycles. The number of thiophene rings is 1. The molecule has 0 amide bonds. The minimum atomic E-state index is -1.86. The van der Waals surface area contributed by atoms with Gasteiger partial charge < -0.3 is 5.11 Å². The van der Waals surface area contributed by atoms with Crippen molar-refractivity contribution in [3.8, 4) is 0 Å². The van der Waals surface area contributed by atoms with Crippen molar-refractivity contribution in [3.05, 3.63) is 22.4 Å². The Morgan fingerprint density at radius 1 is 1.64 bits per heavy atom. The quantitative estimate of drug-likeness (QED) is 0.659. The molecule has 1 unspecified atom stereocenters. The summed E-state index contributed by atoms with van der Waals surface area (Å²) in [6.45, 7) is 1.19. The molecule has 0 radical (unpaired) electrons. The number of carbonyl (C=O) groups excluding carboxylic acids is 2. The highest BCUT2D eigenvalue weighted by Crippen LogP contribution is 2.29. The lowest BCUT2D eigenvalue weighted by Crippen LogP contribution is -2.28. The van der Waals surface area contributed by atoms with E-state index < -0.39 is 10.2 Å². The maximum atomic E-state index is 11.4. The van der Waals surface area contributed by atoms with Gasteiger partial charge >= 0.3 is 0 Å². The minimum absolute atomic E-state index is 0.362. The van der Waals surface area contributed by atoms with Gasteiger partial charge in [-0.05, 0) is 41.7 Å². The molecule has 1 aromatic rings. The third-order valence-electron chi connectivity index (χ3n) is 1.38. The molecule has 76 valence electrons. The van der Waals surface area contributed by atoms with Crippen molar-refractivity contribution < 1.29 is 14.7 Å². The molecule has 1 aromatic heterocycles. The average Bonchev–Trinajstić information content (AvgIpc) is 2.54. The molecule has 6 heteroatoms. The third-order valence-corrected chi connectivity index (χ3v) is 3.84. The number of thioether (sulfide) groups is 1. The maximum Gasteiger partial charge on any atom is 0.263 e. The normalized spacial score (nSPS) is 14.8. The molecule has 0 aromatic carbocycles. The van der Waals surface area contributed by atoms with Crippen LogP contribution in [0.15, 0.2) is 17.5 Å². The van der Waals surface area contributed by atoms with Crippen molar-refractivity contribution in [1.82, 2.24) is 0 Å². The zero-order chi connectivity index (χ0) is 10.8. The van der Waals surface area contributed by atoms with Crippen molar-refractivity contribution in [1.29, 1.82) is 0 Å². The molecular formula is C8H7ClO3S2. The highest BCUT2D eigenvalue weighted by molar-refractivity contribution is 8.16. The first kappa shape index (κ1) is 11.7. The van der Waals surface area contributed by atoms with E-state index in [1.807, 2.05) is 0 Å². The lowest BCUT2D eigenvalue weighted by Gasteiger charge is -2.15. The van der Waals surface area contributed by atoms with Gasteiger partial charge in [-0.3, -0.25) is 9.59 Å². The van der Waals surface area contributed by atoms with Crippen LogP contribution in [0.1, 0.15) is 16.6 Å².